The average molecular weight is 360 g/mol. The molecule has 0 radical (unpaired) electrons. The van der Waals surface area contributed by atoms with Crippen molar-refractivity contribution in [3.63, 3.8) is 0 Å². The molecule has 0 aliphatic rings. The molecule has 0 aliphatic heterocycles. The fourth-order valence-electron chi connectivity index (χ4n) is 2.03. The second-order valence-electron chi connectivity index (χ2n) is 5.48. The predicted molar refractivity (Wildman–Crippen MR) is 101 cm³/mol. The summed E-state index contributed by atoms with van der Waals surface area (Å²) in [7, 11) is 1.52. The SMILES string of the molecule is COc1ccc(O)c(NC(=S)NC(=O)c2ccc(OC(C)C)cc2)c1. The van der Waals surface area contributed by atoms with Crippen molar-refractivity contribution in [1.29, 1.82) is 0 Å². The summed E-state index contributed by atoms with van der Waals surface area (Å²) in [4.78, 5) is 12.2. The summed E-state index contributed by atoms with van der Waals surface area (Å²) >= 11 is 5.11. The molecule has 0 bridgehead atoms. The average Bonchev–Trinajstić information content (AvgIpc) is 2.56. The maximum Gasteiger partial charge on any atom is 0.257 e. The number of phenols is 1. The van der Waals surface area contributed by atoms with E-state index in [1.807, 2.05) is 13.8 Å². The number of benzene rings is 2. The Hall–Kier alpha value is -2.80. The van der Waals surface area contributed by atoms with E-state index in [1.54, 1.807) is 36.4 Å². The summed E-state index contributed by atoms with van der Waals surface area (Å²) in [5.41, 5.74) is 0.778. The molecule has 2 rings (SSSR count). The van der Waals surface area contributed by atoms with E-state index in [0.717, 1.165) is 0 Å². The van der Waals surface area contributed by atoms with Crippen LogP contribution in [0.2, 0.25) is 0 Å². The van der Waals surface area contributed by atoms with Crippen molar-refractivity contribution in [1.82, 2.24) is 5.32 Å². The van der Waals surface area contributed by atoms with Crippen LogP contribution in [0.15, 0.2) is 42.5 Å². The van der Waals surface area contributed by atoms with Crippen molar-refractivity contribution in [3.8, 4) is 17.2 Å². The lowest BCUT2D eigenvalue weighted by Crippen LogP contribution is -2.34. The zero-order valence-electron chi connectivity index (χ0n) is 14.2. The Bertz CT molecular complexity index is 760. The summed E-state index contributed by atoms with van der Waals surface area (Å²) in [6, 6.07) is 11.4. The number of hydrogen-bond acceptors (Lipinski definition) is 5. The number of anilines is 1. The van der Waals surface area contributed by atoms with Gasteiger partial charge in [-0.25, -0.2) is 0 Å². The van der Waals surface area contributed by atoms with Crippen LogP contribution in [-0.2, 0) is 0 Å². The van der Waals surface area contributed by atoms with Gasteiger partial charge in [0.05, 0.1) is 18.9 Å². The number of ether oxygens (including phenoxy) is 2. The van der Waals surface area contributed by atoms with E-state index in [1.165, 1.54) is 13.2 Å². The highest BCUT2D eigenvalue weighted by Gasteiger charge is 2.10. The van der Waals surface area contributed by atoms with Gasteiger partial charge < -0.3 is 19.9 Å². The van der Waals surface area contributed by atoms with Crippen molar-refractivity contribution in [3.05, 3.63) is 48.0 Å². The van der Waals surface area contributed by atoms with Crippen molar-refractivity contribution < 1.29 is 19.4 Å². The number of amides is 1. The summed E-state index contributed by atoms with van der Waals surface area (Å²) in [6.07, 6.45) is 0.0620. The quantitative estimate of drug-likeness (QED) is 0.561. The molecule has 0 atom stereocenters. The van der Waals surface area contributed by atoms with Crippen LogP contribution in [0.25, 0.3) is 0 Å². The molecule has 0 fully saturated rings. The maximum atomic E-state index is 12.2. The number of rotatable bonds is 5. The lowest BCUT2D eigenvalue weighted by Gasteiger charge is -2.13. The van der Waals surface area contributed by atoms with Gasteiger partial charge >= 0.3 is 0 Å². The maximum absolute atomic E-state index is 12.2. The fourth-order valence-corrected chi connectivity index (χ4v) is 2.23. The summed E-state index contributed by atoms with van der Waals surface area (Å²) in [6.45, 7) is 3.86. The third kappa shape index (κ3) is 5.36. The molecule has 132 valence electrons. The van der Waals surface area contributed by atoms with Crippen LogP contribution in [0.4, 0.5) is 5.69 Å². The first-order valence-corrected chi connectivity index (χ1v) is 8.06. The number of carbonyl (C=O) groups is 1. The monoisotopic (exact) mass is 360 g/mol. The Kier molecular flexibility index (Phi) is 6.19. The fraction of sp³-hybridized carbons (Fsp3) is 0.222. The first kappa shape index (κ1) is 18.5. The Morgan fingerprint density at radius 3 is 2.36 bits per heavy atom. The normalized spacial score (nSPS) is 10.2. The number of thiocarbonyl (C=S) groups is 1. The number of nitrogens with one attached hydrogen (secondary N) is 2. The molecule has 6 nitrogen and oxygen atoms in total. The second kappa shape index (κ2) is 8.34. The lowest BCUT2D eigenvalue weighted by molar-refractivity contribution is 0.0977. The van der Waals surface area contributed by atoms with Gasteiger partial charge in [-0.05, 0) is 62.5 Å². The highest BCUT2D eigenvalue weighted by molar-refractivity contribution is 7.80. The molecule has 3 N–H and O–H groups in total. The Morgan fingerprint density at radius 2 is 1.76 bits per heavy atom. The molecule has 0 aliphatic carbocycles. The van der Waals surface area contributed by atoms with Crippen LogP contribution in [-0.4, -0.2) is 29.3 Å². The molecule has 2 aromatic rings. The highest BCUT2D eigenvalue weighted by atomic mass is 32.1. The minimum absolute atomic E-state index is 0.00686. The van der Waals surface area contributed by atoms with Gasteiger partial charge in [0.15, 0.2) is 5.11 Å². The molecule has 1 amide bonds. The summed E-state index contributed by atoms with van der Waals surface area (Å²) < 4.78 is 10.6. The molecule has 25 heavy (non-hydrogen) atoms. The van der Waals surface area contributed by atoms with Crippen LogP contribution in [0.3, 0.4) is 0 Å². The molecular formula is C18H20N2O4S. The van der Waals surface area contributed by atoms with Crippen molar-refractivity contribution >= 4 is 28.9 Å². The third-order valence-corrected chi connectivity index (χ3v) is 3.37. The Balaban J connectivity index is 1.99. The van der Waals surface area contributed by atoms with Gasteiger partial charge in [-0.3, -0.25) is 10.1 Å². The van der Waals surface area contributed by atoms with Gasteiger partial charge in [-0.1, -0.05) is 0 Å². The van der Waals surface area contributed by atoms with Gasteiger partial charge in [0, 0.05) is 11.6 Å². The smallest absolute Gasteiger partial charge is 0.257 e. The van der Waals surface area contributed by atoms with Crippen LogP contribution in [0.5, 0.6) is 17.2 Å². The topological polar surface area (TPSA) is 79.8 Å². The van der Waals surface area contributed by atoms with Crippen LogP contribution < -0.4 is 20.1 Å². The minimum atomic E-state index is -0.365. The zero-order chi connectivity index (χ0) is 18.4. The van der Waals surface area contributed by atoms with E-state index in [-0.39, 0.29) is 22.9 Å². The first-order valence-electron chi connectivity index (χ1n) is 7.65. The first-order chi connectivity index (χ1) is 11.9. The standard InChI is InChI=1S/C18H20N2O4S/c1-11(2)24-13-6-4-12(5-7-13)17(22)20-18(25)19-15-10-14(23-3)8-9-16(15)21/h4-11,21H,1-3H3,(H2,19,20,22,25). The predicted octanol–water partition coefficient (Wildman–Crippen LogP) is 3.31. The van der Waals surface area contributed by atoms with Crippen molar-refractivity contribution in [2.75, 3.05) is 12.4 Å². The minimum Gasteiger partial charge on any atom is -0.506 e. The van der Waals surface area contributed by atoms with Gasteiger partial charge in [0.1, 0.15) is 17.2 Å². The van der Waals surface area contributed by atoms with Crippen LogP contribution in [0, 0.1) is 0 Å². The second-order valence-corrected chi connectivity index (χ2v) is 5.89. The van der Waals surface area contributed by atoms with Crippen LogP contribution >= 0.6 is 12.2 Å². The van der Waals surface area contributed by atoms with Gasteiger partial charge in [0.2, 0.25) is 0 Å². The van der Waals surface area contributed by atoms with E-state index in [0.29, 0.717) is 22.7 Å². The molecule has 2 aromatic carbocycles. The molecule has 0 spiro atoms. The molecule has 0 aromatic heterocycles. The van der Waals surface area contributed by atoms with E-state index < -0.39 is 0 Å². The summed E-state index contributed by atoms with van der Waals surface area (Å²) in [5, 5.41) is 15.2. The van der Waals surface area contributed by atoms with Crippen molar-refractivity contribution in [2.24, 2.45) is 0 Å². The zero-order valence-corrected chi connectivity index (χ0v) is 15.0. The highest BCUT2D eigenvalue weighted by Crippen LogP contribution is 2.27. The van der Waals surface area contributed by atoms with E-state index >= 15 is 0 Å². The van der Waals surface area contributed by atoms with Gasteiger partial charge in [0.25, 0.3) is 5.91 Å². The Labute approximate surface area is 151 Å². The number of aromatic hydroxyl groups is 1. The van der Waals surface area contributed by atoms with Gasteiger partial charge in [-0.15, -0.1) is 0 Å². The van der Waals surface area contributed by atoms with E-state index in [2.05, 4.69) is 10.6 Å². The molecule has 0 saturated carbocycles. The Morgan fingerprint density at radius 1 is 1.12 bits per heavy atom. The molecule has 0 unspecified atom stereocenters. The lowest BCUT2D eigenvalue weighted by atomic mass is 10.2. The third-order valence-electron chi connectivity index (χ3n) is 3.17. The van der Waals surface area contributed by atoms with E-state index in [9.17, 15) is 9.90 Å². The number of methoxy groups -OCH3 is 1. The van der Waals surface area contributed by atoms with Crippen LogP contribution in [0.1, 0.15) is 24.2 Å². The molecule has 0 saturated heterocycles. The number of carbonyl (C=O) groups excluding carboxylic acids is 1. The van der Waals surface area contributed by atoms with Gasteiger partial charge in [-0.2, -0.15) is 0 Å². The largest absolute Gasteiger partial charge is 0.506 e. The number of phenolic OH excluding ortho intramolecular Hbond substituents is 1. The molecular weight excluding hydrogens is 340 g/mol. The number of hydrogen-bond donors (Lipinski definition) is 3. The molecule has 7 heteroatoms. The molecule has 0 heterocycles. The summed E-state index contributed by atoms with van der Waals surface area (Å²) in [5.74, 6) is 0.868. The van der Waals surface area contributed by atoms with Crippen molar-refractivity contribution in [2.45, 2.75) is 20.0 Å². The van der Waals surface area contributed by atoms with E-state index in [4.69, 9.17) is 21.7 Å².